The molecule has 0 amide bonds. The van der Waals surface area contributed by atoms with Gasteiger partial charge in [0.05, 0.1) is 6.61 Å². The molecule has 1 N–H and O–H groups in total. The van der Waals surface area contributed by atoms with Crippen molar-refractivity contribution in [2.75, 3.05) is 0 Å². The second-order valence-electron chi connectivity index (χ2n) is 7.33. The number of aromatic nitrogens is 1. The fraction of sp³-hybridized carbons (Fsp3) is 0.0690. The van der Waals surface area contributed by atoms with Crippen LogP contribution in [-0.2, 0) is 6.61 Å². The molecular formula is C29H25NO2. The summed E-state index contributed by atoms with van der Waals surface area (Å²) in [5.74, 6) is 1.32. The average molecular weight is 420 g/mol. The Hall–Kier alpha value is -3.95. The Bertz CT molecular complexity index is 1250. The van der Waals surface area contributed by atoms with Crippen molar-refractivity contribution >= 4 is 0 Å². The Labute approximate surface area is 188 Å². The number of hydrogen-bond acceptors (Lipinski definition) is 3. The van der Waals surface area contributed by atoms with Gasteiger partial charge in [-0.3, -0.25) is 0 Å². The summed E-state index contributed by atoms with van der Waals surface area (Å²) < 4.78 is 6.40. The molecular weight excluding hydrogens is 394 g/mol. The molecule has 0 saturated heterocycles. The van der Waals surface area contributed by atoms with Crippen LogP contribution in [0.4, 0.5) is 0 Å². The van der Waals surface area contributed by atoms with Crippen molar-refractivity contribution < 1.29 is 9.52 Å². The van der Waals surface area contributed by atoms with Crippen LogP contribution >= 0.6 is 0 Å². The second-order valence-corrected chi connectivity index (χ2v) is 7.33. The summed E-state index contributed by atoms with van der Waals surface area (Å²) in [4.78, 5) is 4.94. The van der Waals surface area contributed by atoms with Crippen LogP contribution in [0.15, 0.2) is 114 Å². The van der Waals surface area contributed by atoms with Crippen LogP contribution in [0.25, 0.3) is 45.2 Å². The van der Waals surface area contributed by atoms with Crippen molar-refractivity contribution in [2.45, 2.75) is 14.0 Å². The van der Waals surface area contributed by atoms with Crippen LogP contribution in [0.1, 0.15) is 13.0 Å². The van der Waals surface area contributed by atoms with Gasteiger partial charge in [0.25, 0.3) is 0 Å². The summed E-state index contributed by atoms with van der Waals surface area (Å²) in [6.07, 6.45) is 0. The minimum Gasteiger partial charge on any atom is -0.435 e. The van der Waals surface area contributed by atoms with E-state index in [0.29, 0.717) is 5.89 Å². The lowest BCUT2D eigenvalue weighted by Gasteiger charge is -2.08. The molecule has 0 aliphatic carbocycles. The molecule has 5 aromatic rings. The zero-order valence-electron chi connectivity index (χ0n) is 16.9. The zero-order chi connectivity index (χ0) is 21.0. The lowest BCUT2D eigenvalue weighted by Crippen LogP contribution is -1.88. The Balaban J connectivity index is 0.00000245. The van der Waals surface area contributed by atoms with E-state index < -0.39 is 0 Å². The van der Waals surface area contributed by atoms with Crippen molar-refractivity contribution in [1.29, 1.82) is 0 Å². The minimum absolute atomic E-state index is 0. The van der Waals surface area contributed by atoms with Crippen molar-refractivity contribution in [2.24, 2.45) is 0 Å². The maximum Gasteiger partial charge on any atom is 0.227 e. The van der Waals surface area contributed by atoms with Gasteiger partial charge in [-0.15, -0.1) is 0 Å². The highest BCUT2D eigenvalue weighted by atomic mass is 16.4. The average Bonchev–Trinajstić information content (AvgIpc) is 3.31. The van der Waals surface area contributed by atoms with Gasteiger partial charge in [-0.1, -0.05) is 104 Å². The van der Waals surface area contributed by atoms with Crippen LogP contribution in [0.5, 0.6) is 0 Å². The molecule has 0 atom stereocenters. The molecule has 0 aliphatic heterocycles. The number of benzene rings is 4. The summed E-state index contributed by atoms with van der Waals surface area (Å²) in [7, 11) is 0. The molecule has 1 heterocycles. The van der Waals surface area contributed by atoms with Gasteiger partial charge in [-0.25, -0.2) is 4.98 Å². The summed E-state index contributed by atoms with van der Waals surface area (Å²) in [6, 6.07) is 36.1. The van der Waals surface area contributed by atoms with Gasteiger partial charge in [0.15, 0.2) is 5.76 Å². The number of oxazole rings is 1. The highest BCUT2D eigenvalue weighted by Gasteiger charge is 2.20. The van der Waals surface area contributed by atoms with Gasteiger partial charge >= 0.3 is 0 Å². The zero-order valence-corrected chi connectivity index (χ0v) is 16.9. The lowest BCUT2D eigenvalue weighted by atomic mass is 9.98. The van der Waals surface area contributed by atoms with Crippen LogP contribution in [0.3, 0.4) is 0 Å². The molecule has 0 saturated carbocycles. The minimum atomic E-state index is 0. The lowest BCUT2D eigenvalue weighted by molar-refractivity contribution is 0.282. The van der Waals surface area contributed by atoms with Crippen molar-refractivity contribution in [3.63, 3.8) is 0 Å². The van der Waals surface area contributed by atoms with E-state index in [-0.39, 0.29) is 14.0 Å². The van der Waals surface area contributed by atoms with Crippen LogP contribution in [0.2, 0.25) is 0 Å². The molecule has 0 fully saturated rings. The Morgan fingerprint density at radius 1 is 0.625 bits per heavy atom. The van der Waals surface area contributed by atoms with Gasteiger partial charge in [-0.05, 0) is 28.8 Å². The summed E-state index contributed by atoms with van der Waals surface area (Å²) in [5.41, 5.74) is 6.63. The molecule has 158 valence electrons. The molecule has 32 heavy (non-hydrogen) atoms. The predicted molar refractivity (Wildman–Crippen MR) is 131 cm³/mol. The van der Waals surface area contributed by atoms with E-state index in [9.17, 15) is 5.11 Å². The predicted octanol–water partition coefficient (Wildman–Crippen LogP) is 7.47. The van der Waals surface area contributed by atoms with Crippen LogP contribution in [-0.4, -0.2) is 10.1 Å². The van der Waals surface area contributed by atoms with E-state index in [1.54, 1.807) is 0 Å². The standard InChI is InChI=1S/C28H21NO2.CH4/c30-19-20-10-9-15-23(18-20)24-16-7-8-17-25(24)28-29-26(21-11-3-1-4-12-21)27(31-28)22-13-5-2-6-14-22;/h1-18,30H,19H2;1H4. The molecule has 0 aliphatic rings. The quantitative estimate of drug-likeness (QED) is 0.321. The molecule has 3 heteroatoms. The number of nitrogens with zero attached hydrogens (tertiary/aromatic N) is 1. The van der Waals surface area contributed by atoms with Gasteiger partial charge < -0.3 is 9.52 Å². The monoisotopic (exact) mass is 419 g/mol. The topological polar surface area (TPSA) is 46.3 Å². The molecule has 0 spiro atoms. The largest absolute Gasteiger partial charge is 0.435 e. The van der Waals surface area contributed by atoms with Gasteiger partial charge in [0.2, 0.25) is 5.89 Å². The molecule has 5 rings (SSSR count). The fourth-order valence-electron chi connectivity index (χ4n) is 3.77. The highest BCUT2D eigenvalue weighted by Crippen LogP contribution is 2.39. The number of hydrogen-bond donors (Lipinski definition) is 1. The summed E-state index contributed by atoms with van der Waals surface area (Å²) >= 11 is 0. The van der Waals surface area contributed by atoms with E-state index in [1.807, 2.05) is 103 Å². The second kappa shape index (κ2) is 9.46. The molecule has 1 aromatic heterocycles. The van der Waals surface area contributed by atoms with Crippen molar-refractivity contribution in [3.05, 3.63) is 115 Å². The smallest absolute Gasteiger partial charge is 0.227 e. The van der Waals surface area contributed by atoms with Crippen LogP contribution in [0, 0.1) is 0 Å². The Kier molecular flexibility index (Phi) is 6.29. The highest BCUT2D eigenvalue weighted by molar-refractivity contribution is 5.84. The van der Waals surface area contributed by atoms with E-state index in [0.717, 1.165) is 44.8 Å². The first-order valence-electron chi connectivity index (χ1n) is 10.2. The maximum atomic E-state index is 9.56. The first-order valence-corrected chi connectivity index (χ1v) is 10.2. The molecule has 0 radical (unpaired) electrons. The first-order chi connectivity index (χ1) is 15.3. The molecule has 0 unspecified atom stereocenters. The third-order valence-corrected chi connectivity index (χ3v) is 5.29. The van der Waals surface area contributed by atoms with Crippen molar-refractivity contribution in [1.82, 2.24) is 4.98 Å². The number of aliphatic hydroxyl groups excluding tert-OH is 1. The molecule has 3 nitrogen and oxygen atoms in total. The SMILES string of the molecule is C.OCc1cccc(-c2ccccc2-c2nc(-c3ccccc3)c(-c3ccccc3)o2)c1. The number of rotatable bonds is 5. The van der Waals surface area contributed by atoms with E-state index in [2.05, 4.69) is 6.07 Å². The van der Waals surface area contributed by atoms with Crippen molar-refractivity contribution in [3.8, 4) is 45.2 Å². The Morgan fingerprint density at radius 3 is 1.91 bits per heavy atom. The third-order valence-electron chi connectivity index (χ3n) is 5.29. The van der Waals surface area contributed by atoms with E-state index in [4.69, 9.17) is 9.40 Å². The fourth-order valence-corrected chi connectivity index (χ4v) is 3.77. The van der Waals surface area contributed by atoms with Crippen LogP contribution < -0.4 is 0 Å². The molecule has 4 aromatic carbocycles. The van der Waals surface area contributed by atoms with Gasteiger partial charge in [0.1, 0.15) is 5.69 Å². The van der Waals surface area contributed by atoms with E-state index in [1.165, 1.54) is 0 Å². The van der Waals surface area contributed by atoms with Gasteiger partial charge in [-0.2, -0.15) is 0 Å². The molecule has 0 bridgehead atoms. The normalized spacial score (nSPS) is 10.5. The third kappa shape index (κ3) is 4.11. The van der Waals surface area contributed by atoms with E-state index >= 15 is 0 Å². The Morgan fingerprint density at radius 2 is 1.22 bits per heavy atom. The first kappa shape index (κ1) is 21.3. The van der Waals surface area contributed by atoms with Gasteiger partial charge in [0, 0.05) is 16.7 Å². The summed E-state index contributed by atoms with van der Waals surface area (Å²) in [6.45, 7) is 0.00528. The number of aliphatic hydroxyl groups is 1. The summed E-state index contributed by atoms with van der Waals surface area (Å²) in [5, 5.41) is 9.56. The maximum absolute atomic E-state index is 9.56.